The van der Waals surface area contributed by atoms with Gasteiger partial charge < -0.3 is 18.9 Å². The number of hydrogen-bond donors (Lipinski definition) is 0. The van der Waals surface area contributed by atoms with Gasteiger partial charge in [-0.25, -0.2) is 9.59 Å². The Morgan fingerprint density at radius 3 is 2.48 bits per heavy atom. The number of halogens is 2. The molecule has 2 heterocycles. The normalized spacial score (nSPS) is 50.2. The van der Waals surface area contributed by atoms with Gasteiger partial charge in [-0.2, -0.15) is 8.78 Å². The van der Waals surface area contributed by atoms with E-state index in [-0.39, 0.29) is 18.4 Å². The van der Waals surface area contributed by atoms with Gasteiger partial charge in [0.1, 0.15) is 18.3 Å². The minimum Gasteiger partial charge on any atom is -0.461 e. The van der Waals surface area contributed by atoms with Crippen LogP contribution in [0.3, 0.4) is 0 Å². The van der Waals surface area contributed by atoms with Crippen molar-refractivity contribution in [2.75, 3.05) is 6.61 Å². The van der Waals surface area contributed by atoms with Crippen LogP contribution in [0.4, 0.5) is 8.78 Å². The summed E-state index contributed by atoms with van der Waals surface area (Å²) in [6, 6.07) is 0. The number of rotatable bonds is 2. The molecule has 2 saturated heterocycles. The third-order valence-corrected chi connectivity index (χ3v) is 6.55. The molecule has 0 radical (unpaired) electrons. The summed E-state index contributed by atoms with van der Waals surface area (Å²) in [6.45, 7) is 0.754. The smallest absolute Gasteiger partial charge is 0.377 e. The summed E-state index contributed by atoms with van der Waals surface area (Å²) < 4.78 is 49.2. The van der Waals surface area contributed by atoms with Crippen LogP contribution in [0.1, 0.15) is 39.0 Å². The largest absolute Gasteiger partial charge is 0.461 e. The quantitative estimate of drug-likeness (QED) is 0.701. The van der Waals surface area contributed by atoms with Gasteiger partial charge in [-0.1, -0.05) is 0 Å². The van der Waals surface area contributed by atoms with Crippen molar-refractivity contribution in [3.63, 3.8) is 0 Å². The molecule has 6 rings (SSSR count). The van der Waals surface area contributed by atoms with Crippen LogP contribution in [0.25, 0.3) is 0 Å². The van der Waals surface area contributed by atoms with Crippen molar-refractivity contribution < 1.29 is 37.3 Å². The molecule has 0 amide bonds. The van der Waals surface area contributed by atoms with Crippen molar-refractivity contribution >= 4 is 11.9 Å². The van der Waals surface area contributed by atoms with Crippen LogP contribution in [0.15, 0.2) is 0 Å². The fourth-order valence-electron chi connectivity index (χ4n) is 5.82. The molecule has 138 valence electrons. The van der Waals surface area contributed by atoms with Crippen LogP contribution in [0, 0.1) is 17.8 Å². The van der Waals surface area contributed by atoms with E-state index in [0.717, 1.165) is 12.8 Å². The molecule has 4 unspecified atom stereocenters. The Balaban J connectivity index is 1.41. The Morgan fingerprint density at radius 1 is 1.20 bits per heavy atom. The molecular weight excluding hydrogens is 338 g/mol. The molecule has 0 aromatic rings. The number of cyclic esters (lactones) is 1. The second kappa shape index (κ2) is 4.71. The molecule has 4 bridgehead atoms. The number of carbonyl (C=O) groups is 2. The first-order valence-electron chi connectivity index (χ1n) is 8.84. The molecule has 6 nitrogen and oxygen atoms in total. The Morgan fingerprint density at radius 2 is 1.88 bits per heavy atom. The van der Waals surface area contributed by atoms with Gasteiger partial charge in [0, 0.05) is 18.8 Å². The number of hydrogen-bond acceptors (Lipinski definition) is 6. The van der Waals surface area contributed by atoms with Crippen molar-refractivity contribution in [1.29, 1.82) is 0 Å². The Hall–Kier alpha value is -1.28. The number of alkyl halides is 2. The molecule has 2 aliphatic heterocycles. The maximum absolute atomic E-state index is 13.3. The molecular formula is C17H20F2O6. The first-order chi connectivity index (χ1) is 11.7. The van der Waals surface area contributed by atoms with Crippen LogP contribution in [0.5, 0.6) is 0 Å². The van der Waals surface area contributed by atoms with Crippen LogP contribution < -0.4 is 0 Å². The lowest BCUT2D eigenvalue weighted by Crippen LogP contribution is -2.65. The highest BCUT2D eigenvalue weighted by atomic mass is 19.3. The molecule has 0 aromatic heterocycles. The second-order valence-electron chi connectivity index (χ2n) is 8.35. The lowest BCUT2D eigenvalue weighted by Gasteiger charge is -2.62. The van der Waals surface area contributed by atoms with Crippen molar-refractivity contribution in [2.24, 2.45) is 17.8 Å². The Bertz CT molecular complexity index is 628. The van der Waals surface area contributed by atoms with Crippen LogP contribution in [0.2, 0.25) is 0 Å². The summed E-state index contributed by atoms with van der Waals surface area (Å²) in [5, 5.41) is 0. The van der Waals surface area contributed by atoms with Crippen molar-refractivity contribution in [1.82, 2.24) is 0 Å². The monoisotopic (exact) mass is 358 g/mol. The lowest BCUT2D eigenvalue weighted by atomic mass is 9.51. The minimum atomic E-state index is -3.50. The van der Waals surface area contributed by atoms with E-state index in [1.807, 2.05) is 0 Å². The standard InChI is InChI=1S/C17H20F2O6/c1-15(18,19)14(21)25-16-4-8-2-9(5-16)17(10(3-8)6-16)23-11-7-22-13(20)12(11)24-17/h8-12H,2-7H2,1H3. The lowest BCUT2D eigenvalue weighted by molar-refractivity contribution is -0.327. The molecule has 4 aliphatic carbocycles. The molecule has 0 aromatic carbocycles. The third-order valence-electron chi connectivity index (χ3n) is 6.55. The highest BCUT2D eigenvalue weighted by Crippen LogP contribution is 2.64. The van der Waals surface area contributed by atoms with E-state index < -0.39 is 41.5 Å². The fourth-order valence-corrected chi connectivity index (χ4v) is 5.82. The molecule has 25 heavy (non-hydrogen) atoms. The van der Waals surface area contributed by atoms with E-state index >= 15 is 0 Å². The number of fused-ring (bicyclic) bond motifs is 1. The van der Waals surface area contributed by atoms with E-state index in [1.54, 1.807) is 0 Å². The maximum Gasteiger partial charge on any atom is 0.377 e. The first kappa shape index (κ1) is 15.9. The Labute approximate surface area is 143 Å². The average molecular weight is 358 g/mol. The maximum atomic E-state index is 13.3. The van der Waals surface area contributed by atoms with Crippen molar-refractivity contribution in [3.05, 3.63) is 0 Å². The molecule has 6 fully saturated rings. The predicted octanol–water partition coefficient (Wildman–Crippen LogP) is 1.80. The van der Waals surface area contributed by atoms with Gasteiger partial charge in [-0.3, -0.25) is 0 Å². The van der Waals surface area contributed by atoms with E-state index in [9.17, 15) is 18.4 Å². The van der Waals surface area contributed by atoms with Gasteiger partial charge in [0.25, 0.3) is 0 Å². The molecule has 0 N–H and O–H groups in total. The summed E-state index contributed by atoms with van der Waals surface area (Å²) in [4.78, 5) is 23.6. The SMILES string of the molecule is CC(F)(F)C(=O)OC12CC3CC(C1)C1(OC4COC(=O)C4O1)C(C3)C2. The zero-order valence-electron chi connectivity index (χ0n) is 13.8. The van der Waals surface area contributed by atoms with Crippen LogP contribution in [-0.4, -0.2) is 48.1 Å². The molecule has 4 saturated carbocycles. The highest BCUT2D eigenvalue weighted by Gasteiger charge is 2.70. The summed E-state index contributed by atoms with van der Waals surface area (Å²) in [5.74, 6) is -6.04. The zero-order valence-corrected chi connectivity index (χ0v) is 13.8. The van der Waals surface area contributed by atoms with E-state index in [1.165, 1.54) is 0 Å². The number of carbonyl (C=O) groups excluding carboxylic acids is 2. The second-order valence-corrected chi connectivity index (χ2v) is 8.35. The molecule has 8 heteroatoms. The Kier molecular flexibility index (Phi) is 3.00. The van der Waals surface area contributed by atoms with Crippen LogP contribution >= 0.6 is 0 Å². The molecule has 6 aliphatic rings. The van der Waals surface area contributed by atoms with Crippen molar-refractivity contribution in [3.8, 4) is 0 Å². The van der Waals surface area contributed by atoms with Gasteiger partial charge in [-0.15, -0.1) is 0 Å². The topological polar surface area (TPSA) is 71.1 Å². The van der Waals surface area contributed by atoms with Gasteiger partial charge >= 0.3 is 17.9 Å². The average Bonchev–Trinajstić information content (AvgIpc) is 3.03. The fraction of sp³-hybridized carbons (Fsp3) is 0.882. The van der Waals surface area contributed by atoms with Gasteiger partial charge in [0.05, 0.1) is 0 Å². The summed E-state index contributed by atoms with van der Waals surface area (Å²) in [6.07, 6.45) is 2.08. The summed E-state index contributed by atoms with van der Waals surface area (Å²) >= 11 is 0. The minimum absolute atomic E-state index is 0.0598. The number of ether oxygens (including phenoxy) is 4. The van der Waals surface area contributed by atoms with Gasteiger partial charge in [0.15, 0.2) is 11.9 Å². The van der Waals surface area contributed by atoms with Crippen molar-refractivity contribution in [2.45, 2.75) is 68.5 Å². The zero-order chi connectivity index (χ0) is 17.6. The van der Waals surface area contributed by atoms with Gasteiger partial charge in [-0.05, 0) is 38.0 Å². The van der Waals surface area contributed by atoms with Gasteiger partial charge in [0.2, 0.25) is 0 Å². The van der Waals surface area contributed by atoms with Crippen LogP contribution in [-0.2, 0) is 28.5 Å². The third kappa shape index (κ3) is 2.13. The summed E-state index contributed by atoms with van der Waals surface area (Å²) in [5.41, 5.74) is -0.858. The predicted molar refractivity (Wildman–Crippen MR) is 76.4 cm³/mol. The van der Waals surface area contributed by atoms with E-state index in [0.29, 0.717) is 32.1 Å². The highest BCUT2D eigenvalue weighted by molar-refractivity contribution is 5.78. The molecule has 1 spiro atoms. The number of esters is 2. The first-order valence-corrected chi connectivity index (χ1v) is 8.84. The van der Waals surface area contributed by atoms with E-state index in [2.05, 4.69) is 0 Å². The summed E-state index contributed by atoms with van der Waals surface area (Å²) in [7, 11) is 0. The van der Waals surface area contributed by atoms with E-state index in [4.69, 9.17) is 18.9 Å². The molecule has 4 atom stereocenters.